The molecular formula is C52H100NO8P. The molecule has 0 aliphatic heterocycles. The third-order valence-electron chi connectivity index (χ3n) is 11.5. The van der Waals surface area contributed by atoms with Gasteiger partial charge in [-0.05, 0) is 44.9 Å². The number of ether oxygens (including phenoxy) is 2. The summed E-state index contributed by atoms with van der Waals surface area (Å²) in [6, 6.07) is 0. The van der Waals surface area contributed by atoms with Crippen molar-refractivity contribution < 1.29 is 42.1 Å². The Kier molecular flexibility index (Phi) is 43.6. The van der Waals surface area contributed by atoms with Gasteiger partial charge < -0.3 is 27.9 Å². The molecule has 366 valence electrons. The summed E-state index contributed by atoms with van der Waals surface area (Å²) in [6.45, 7) is 4.26. The van der Waals surface area contributed by atoms with E-state index >= 15 is 0 Å². The third-order valence-corrected chi connectivity index (χ3v) is 12.4. The smallest absolute Gasteiger partial charge is 0.306 e. The van der Waals surface area contributed by atoms with Crippen LogP contribution in [0.1, 0.15) is 245 Å². The van der Waals surface area contributed by atoms with Gasteiger partial charge in [0.1, 0.15) is 19.8 Å². The number of hydrogen-bond acceptors (Lipinski definition) is 8. The molecule has 0 heterocycles. The molecular weight excluding hydrogens is 798 g/mol. The largest absolute Gasteiger partial charge is 0.756 e. The molecule has 0 fully saturated rings. The summed E-state index contributed by atoms with van der Waals surface area (Å²) in [5.41, 5.74) is 0. The summed E-state index contributed by atoms with van der Waals surface area (Å²) in [7, 11) is 1.17. The number of esters is 2. The van der Waals surface area contributed by atoms with Gasteiger partial charge in [-0.3, -0.25) is 14.2 Å². The Bertz CT molecular complexity index is 1110. The lowest BCUT2D eigenvalue weighted by molar-refractivity contribution is -0.870. The van der Waals surface area contributed by atoms with E-state index < -0.39 is 26.5 Å². The van der Waals surface area contributed by atoms with E-state index in [2.05, 4.69) is 38.2 Å². The first-order valence-electron chi connectivity index (χ1n) is 26.0. The Balaban J connectivity index is 4.20. The molecule has 0 spiro atoms. The first-order chi connectivity index (χ1) is 30.0. The summed E-state index contributed by atoms with van der Waals surface area (Å²) in [6.07, 6.45) is 50.6. The number of hydrogen-bond donors (Lipinski definition) is 0. The van der Waals surface area contributed by atoms with Gasteiger partial charge in [0, 0.05) is 12.8 Å². The van der Waals surface area contributed by atoms with E-state index in [1.807, 2.05) is 21.1 Å². The first-order valence-corrected chi connectivity index (χ1v) is 27.5. The van der Waals surface area contributed by atoms with Crippen molar-refractivity contribution in [3.63, 3.8) is 0 Å². The molecule has 0 aromatic rings. The summed E-state index contributed by atoms with van der Waals surface area (Å²) >= 11 is 0. The van der Waals surface area contributed by atoms with Crippen molar-refractivity contribution in [2.45, 2.75) is 251 Å². The standard InChI is InChI=1S/C52H100NO8P/c1-6-8-10-12-14-16-18-20-22-23-24-25-26-27-28-29-31-33-35-37-39-41-43-45-52(55)61-50(49-60-62(56,57)59-47-46-53(3,4)5)48-58-51(54)44-42-40-38-36-34-32-30-21-19-17-15-13-11-9-7-2/h18,20,23-24,50H,6-17,19,21-22,25-49H2,1-5H3/b20-18-,24-23-. The number of unbranched alkanes of at least 4 members (excludes halogenated alkanes) is 30. The number of rotatable bonds is 48. The van der Waals surface area contributed by atoms with Crippen LogP contribution in [0.25, 0.3) is 0 Å². The number of phosphoric acid groups is 1. The Hall–Kier alpha value is -1.51. The van der Waals surface area contributed by atoms with Crippen LogP contribution in [0.4, 0.5) is 0 Å². The van der Waals surface area contributed by atoms with Crippen molar-refractivity contribution in [3.8, 4) is 0 Å². The van der Waals surface area contributed by atoms with Crippen molar-refractivity contribution in [3.05, 3.63) is 24.3 Å². The second kappa shape index (κ2) is 44.7. The molecule has 9 nitrogen and oxygen atoms in total. The maximum absolute atomic E-state index is 12.7. The average molecular weight is 898 g/mol. The van der Waals surface area contributed by atoms with Crippen molar-refractivity contribution in [2.24, 2.45) is 0 Å². The second-order valence-corrected chi connectivity index (χ2v) is 20.3. The lowest BCUT2D eigenvalue weighted by Gasteiger charge is -2.28. The lowest BCUT2D eigenvalue weighted by atomic mass is 10.0. The van der Waals surface area contributed by atoms with Gasteiger partial charge in [-0.1, -0.05) is 212 Å². The average Bonchev–Trinajstić information content (AvgIpc) is 3.23. The zero-order valence-electron chi connectivity index (χ0n) is 41.3. The molecule has 0 bridgehead atoms. The van der Waals surface area contributed by atoms with Crippen molar-refractivity contribution >= 4 is 19.8 Å². The highest BCUT2D eigenvalue weighted by Crippen LogP contribution is 2.38. The molecule has 0 saturated carbocycles. The number of nitrogens with zero attached hydrogens (tertiary/aromatic N) is 1. The molecule has 2 atom stereocenters. The van der Waals surface area contributed by atoms with Gasteiger partial charge in [0.25, 0.3) is 7.82 Å². The Morgan fingerprint density at radius 2 is 0.871 bits per heavy atom. The second-order valence-electron chi connectivity index (χ2n) is 18.9. The number of likely N-dealkylation sites (N-methyl/N-ethyl adjacent to an activating group) is 1. The van der Waals surface area contributed by atoms with Crippen LogP contribution in [0.2, 0.25) is 0 Å². The van der Waals surface area contributed by atoms with Crippen LogP contribution in [0, 0.1) is 0 Å². The summed E-state index contributed by atoms with van der Waals surface area (Å²) in [5, 5.41) is 0. The lowest BCUT2D eigenvalue weighted by Crippen LogP contribution is -2.37. The van der Waals surface area contributed by atoms with Gasteiger partial charge in [0.2, 0.25) is 0 Å². The molecule has 0 aliphatic carbocycles. The zero-order valence-corrected chi connectivity index (χ0v) is 42.2. The van der Waals surface area contributed by atoms with Gasteiger partial charge in [0.15, 0.2) is 6.10 Å². The molecule has 0 amide bonds. The quantitative estimate of drug-likeness (QED) is 0.0195. The highest BCUT2D eigenvalue weighted by molar-refractivity contribution is 7.45. The number of carbonyl (C=O) groups is 2. The van der Waals surface area contributed by atoms with Gasteiger partial charge in [0.05, 0.1) is 27.7 Å². The molecule has 0 aliphatic rings. The predicted molar refractivity (Wildman–Crippen MR) is 259 cm³/mol. The minimum Gasteiger partial charge on any atom is -0.756 e. The monoisotopic (exact) mass is 898 g/mol. The fraction of sp³-hybridized carbons (Fsp3) is 0.885. The fourth-order valence-corrected chi connectivity index (χ4v) is 8.12. The van der Waals surface area contributed by atoms with Crippen molar-refractivity contribution in [1.82, 2.24) is 0 Å². The molecule has 62 heavy (non-hydrogen) atoms. The minimum absolute atomic E-state index is 0.0288. The molecule has 0 rings (SSSR count). The summed E-state index contributed by atoms with van der Waals surface area (Å²) < 4.78 is 34.1. The van der Waals surface area contributed by atoms with Crippen LogP contribution < -0.4 is 4.89 Å². The highest BCUT2D eigenvalue weighted by Gasteiger charge is 2.21. The molecule has 2 unspecified atom stereocenters. The van der Waals surface area contributed by atoms with Crippen LogP contribution in [-0.2, 0) is 32.7 Å². The summed E-state index contributed by atoms with van der Waals surface area (Å²) in [5.74, 6) is -0.824. The van der Waals surface area contributed by atoms with Crippen LogP contribution in [0.15, 0.2) is 24.3 Å². The third kappa shape index (κ3) is 48.0. The van der Waals surface area contributed by atoms with E-state index in [-0.39, 0.29) is 32.0 Å². The molecule has 0 radical (unpaired) electrons. The number of allylic oxidation sites excluding steroid dienone is 4. The molecule has 0 aromatic carbocycles. The predicted octanol–water partition coefficient (Wildman–Crippen LogP) is 14.8. The Morgan fingerprint density at radius 1 is 0.500 bits per heavy atom. The SMILES string of the molecule is CCCCCCC/C=C\C/C=C\CCCCCCCCCCCCCC(=O)OC(COC(=O)CCCCCCCCCCCCCCCCC)COP(=O)([O-])OCC[N+](C)(C)C. The van der Waals surface area contributed by atoms with Crippen LogP contribution in [-0.4, -0.2) is 70.0 Å². The number of phosphoric ester groups is 1. The van der Waals surface area contributed by atoms with E-state index in [9.17, 15) is 19.0 Å². The fourth-order valence-electron chi connectivity index (χ4n) is 7.39. The Morgan fingerprint density at radius 3 is 1.27 bits per heavy atom. The van der Waals surface area contributed by atoms with Gasteiger partial charge >= 0.3 is 11.9 Å². The molecule has 0 aromatic heterocycles. The molecule has 10 heteroatoms. The summed E-state index contributed by atoms with van der Waals surface area (Å²) in [4.78, 5) is 37.7. The van der Waals surface area contributed by atoms with Gasteiger partial charge in [-0.2, -0.15) is 0 Å². The van der Waals surface area contributed by atoms with Crippen LogP contribution in [0.5, 0.6) is 0 Å². The normalized spacial score (nSPS) is 13.6. The maximum atomic E-state index is 12.7. The first kappa shape index (κ1) is 60.5. The van der Waals surface area contributed by atoms with Gasteiger partial charge in [-0.15, -0.1) is 0 Å². The van der Waals surface area contributed by atoms with Crippen molar-refractivity contribution in [2.75, 3.05) is 47.5 Å². The van der Waals surface area contributed by atoms with E-state index in [1.165, 1.54) is 167 Å². The van der Waals surface area contributed by atoms with E-state index in [0.29, 0.717) is 17.4 Å². The minimum atomic E-state index is -4.63. The zero-order chi connectivity index (χ0) is 45.7. The van der Waals surface area contributed by atoms with Crippen LogP contribution in [0.3, 0.4) is 0 Å². The van der Waals surface area contributed by atoms with E-state index in [0.717, 1.165) is 44.9 Å². The highest BCUT2D eigenvalue weighted by atomic mass is 31.2. The van der Waals surface area contributed by atoms with E-state index in [4.69, 9.17) is 18.5 Å². The number of carbonyl (C=O) groups excluding carboxylic acids is 2. The maximum Gasteiger partial charge on any atom is 0.306 e. The van der Waals surface area contributed by atoms with E-state index in [1.54, 1.807) is 0 Å². The molecule has 0 saturated heterocycles. The van der Waals surface area contributed by atoms with Crippen molar-refractivity contribution in [1.29, 1.82) is 0 Å². The van der Waals surface area contributed by atoms with Gasteiger partial charge in [-0.25, -0.2) is 0 Å². The number of quaternary nitrogens is 1. The molecule has 0 N–H and O–H groups in total. The Labute approximate surface area is 383 Å². The topological polar surface area (TPSA) is 111 Å². The van der Waals surface area contributed by atoms with Crippen LogP contribution >= 0.6 is 7.82 Å².